The molecular weight excluding hydrogens is 649 g/mol. The van der Waals surface area contributed by atoms with Gasteiger partial charge in [-0.15, -0.1) is 11.6 Å². The molecule has 0 spiro atoms. The summed E-state index contributed by atoms with van der Waals surface area (Å²) < 4.78 is 0. The number of aliphatic hydroxyl groups is 2. The van der Waals surface area contributed by atoms with E-state index in [0.717, 1.165) is 88.4 Å². The van der Waals surface area contributed by atoms with Crippen LogP contribution in [-0.2, 0) is 38.5 Å². The Morgan fingerprint density at radius 3 is 1.45 bits per heavy atom. The molecule has 0 aliphatic heterocycles. The number of aliphatic hydroxyl groups excluding tert-OH is 2. The first-order valence-corrected chi connectivity index (χ1v) is 17.5. The maximum Gasteiger partial charge on any atom is 0.121 e. The summed E-state index contributed by atoms with van der Waals surface area (Å²) >= 11 is 12.5. The minimum atomic E-state index is -0.638. The number of alkyl halides is 1. The molecule has 7 heteroatoms. The summed E-state index contributed by atoms with van der Waals surface area (Å²) in [6, 6.07) is 34.1. The highest BCUT2D eigenvalue weighted by Gasteiger charge is 2.24. The monoisotopic (exact) mass is 685 g/mol. The van der Waals surface area contributed by atoms with Gasteiger partial charge in [-0.05, 0) is 119 Å². The lowest BCUT2D eigenvalue weighted by Crippen LogP contribution is -2.04. The number of rotatable bonds is 0. The number of halogens is 2. The third-order valence-electron chi connectivity index (χ3n) is 9.60. The van der Waals surface area contributed by atoms with Gasteiger partial charge in [0.05, 0.1) is 17.1 Å². The molecule has 3 heterocycles. The topological polar surface area (TPSA) is 79.1 Å². The molecule has 3 aromatic heterocycles. The van der Waals surface area contributed by atoms with Crippen molar-refractivity contribution in [1.29, 1.82) is 0 Å². The van der Waals surface area contributed by atoms with Gasteiger partial charge in [-0.1, -0.05) is 84.4 Å². The summed E-state index contributed by atoms with van der Waals surface area (Å²) in [7, 11) is 0. The van der Waals surface area contributed by atoms with Crippen LogP contribution in [0.3, 0.4) is 0 Å². The van der Waals surface area contributed by atoms with Crippen molar-refractivity contribution in [2.24, 2.45) is 0 Å². The highest BCUT2D eigenvalue weighted by molar-refractivity contribution is 6.30. The van der Waals surface area contributed by atoms with Crippen LogP contribution in [0.15, 0.2) is 122 Å². The Morgan fingerprint density at radius 2 is 0.857 bits per heavy atom. The molecule has 49 heavy (non-hydrogen) atoms. The molecule has 246 valence electrons. The quantitative estimate of drug-likeness (QED) is 0.156. The minimum Gasteiger partial charge on any atom is -0.382 e. The molecule has 5 nitrogen and oxygen atoms in total. The van der Waals surface area contributed by atoms with E-state index in [9.17, 15) is 10.2 Å². The Kier molecular flexibility index (Phi) is 10.2. The maximum atomic E-state index is 10.4. The number of hydrogen-bond acceptors (Lipinski definition) is 5. The zero-order chi connectivity index (χ0) is 33.7. The molecule has 0 radical (unpaired) electrons. The molecule has 3 unspecified atom stereocenters. The number of aryl methyl sites for hydroxylation is 6. The largest absolute Gasteiger partial charge is 0.382 e. The molecule has 3 aliphatic rings. The Balaban J connectivity index is 0.000000116. The van der Waals surface area contributed by atoms with Crippen LogP contribution in [0.1, 0.15) is 84.7 Å². The van der Waals surface area contributed by atoms with E-state index in [1.807, 2.05) is 72.9 Å². The Bertz CT molecular complexity index is 1890. The van der Waals surface area contributed by atoms with E-state index in [-0.39, 0.29) is 5.38 Å². The van der Waals surface area contributed by atoms with Crippen LogP contribution in [0.25, 0.3) is 0 Å². The molecule has 3 atom stereocenters. The molecule has 0 bridgehead atoms. The van der Waals surface area contributed by atoms with E-state index in [4.69, 9.17) is 23.2 Å². The van der Waals surface area contributed by atoms with Crippen LogP contribution in [0, 0.1) is 0 Å². The number of benzene rings is 3. The van der Waals surface area contributed by atoms with Crippen molar-refractivity contribution in [1.82, 2.24) is 15.0 Å². The van der Waals surface area contributed by atoms with Crippen LogP contribution in [-0.4, -0.2) is 25.2 Å². The molecule has 0 saturated heterocycles. The van der Waals surface area contributed by atoms with Gasteiger partial charge in [-0.2, -0.15) is 0 Å². The lowest BCUT2D eigenvalue weighted by molar-refractivity contribution is 0.214. The molecular formula is C42H37Cl2N3O2. The van der Waals surface area contributed by atoms with Crippen molar-refractivity contribution in [3.8, 4) is 0 Å². The first kappa shape index (κ1) is 33.1. The third kappa shape index (κ3) is 7.17. The number of pyridine rings is 3. The number of hydrogen-bond donors (Lipinski definition) is 2. The predicted molar refractivity (Wildman–Crippen MR) is 195 cm³/mol. The van der Waals surface area contributed by atoms with E-state index in [2.05, 4.69) is 51.4 Å². The lowest BCUT2D eigenvalue weighted by atomic mass is 10.0. The molecule has 2 N–H and O–H groups in total. The molecule has 3 aromatic carbocycles. The fourth-order valence-corrected chi connectivity index (χ4v) is 7.66. The summed E-state index contributed by atoms with van der Waals surface area (Å²) in [6.07, 6.45) is 9.89. The first-order valence-electron chi connectivity index (χ1n) is 16.7. The smallest absolute Gasteiger partial charge is 0.121 e. The summed E-state index contributed by atoms with van der Waals surface area (Å²) in [4.78, 5) is 13.0. The fraction of sp³-hybridized carbons (Fsp3) is 0.214. The molecule has 0 saturated carbocycles. The van der Waals surface area contributed by atoms with Crippen LogP contribution >= 0.6 is 23.2 Å². The van der Waals surface area contributed by atoms with E-state index in [1.54, 1.807) is 12.4 Å². The SMILES string of the molecule is ClC1c2ccccc2CCc2cccnc21.OC1c2ccc(Cl)cc2CCc2cccnc21.OC1c2ccccc2CCc2cccnc21. The molecule has 0 amide bonds. The van der Waals surface area contributed by atoms with Gasteiger partial charge in [0.2, 0.25) is 0 Å². The maximum absolute atomic E-state index is 10.4. The van der Waals surface area contributed by atoms with Gasteiger partial charge in [0.1, 0.15) is 17.6 Å². The normalized spacial score (nSPS) is 18.3. The van der Waals surface area contributed by atoms with Crippen molar-refractivity contribution in [2.75, 3.05) is 0 Å². The Morgan fingerprint density at radius 1 is 0.449 bits per heavy atom. The number of aromatic nitrogens is 3. The van der Waals surface area contributed by atoms with E-state index in [1.165, 1.54) is 22.3 Å². The van der Waals surface area contributed by atoms with Gasteiger partial charge in [0.15, 0.2) is 0 Å². The number of fused-ring (bicyclic) bond motifs is 6. The summed E-state index contributed by atoms with van der Waals surface area (Å²) in [6.45, 7) is 0. The third-order valence-corrected chi connectivity index (χ3v) is 10.3. The highest BCUT2D eigenvalue weighted by Crippen LogP contribution is 2.36. The Hall–Kier alpha value is -4.39. The zero-order valence-electron chi connectivity index (χ0n) is 27.0. The summed E-state index contributed by atoms with van der Waals surface area (Å²) in [5.74, 6) is 0. The second-order valence-electron chi connectivity index (χ2n) is 12.6. The zero-order valence-corrected chi connectivity index (χ0v) is 28.5. The van der Waals surface area contributed by atoms with Crippen molar-refractivity contribution >= 4 is 23.2 Å². The standard InChI is InChI=1S/C14H12ClNO.C14H12ClN.C14H13NO/c15-11-5-6-12-10(8-11)4-3-9-2-1-7-16-13(9)14(12)17;15-13-12-6-2-1-4-10(12)7-8-11-5-3-9-16-14(11)13;16-14-12-6-2-1-4-10(12)7-8-11-5-3-9-15-13(11)14/h1-2,5-8,14,17H,3-4H2;1-6,9,13H,7-8H2;1-6,9,14,16H,7-8H2. The van der Waals surface area contributed by atoms with Crippen LogP contribution in [0.5, 0.6) is 0 Å². The van der Waals surface area contributed by atoms with Gasteiger partial charge in [-0.25, -0.2) is 0 Å². The Labute approximate surface area is 297 Å². The van der Waals surface area contributed by atoms with Crippen molar-refractivity contribution in [3.05, 3.63) is 194 Å². The molecule has 6 aromatic rings. The average molecular weight is 687 g/mol. The van der Waals surface area contributed by atoms with Gasteiger partial charge < -0.3 is 10.2 Å². The van der Waals surface area contributed by atoms with E-state index < -0.39 is 12.2 Å². The predicted octanol–water partition coefficient (Wildman–Crippen LogP) is 8.69. The highest BCUT2D eigenvalue weighted by atomic mass is 35.5. The second kappa shape index (κ2) is 15.0. The second-order valence-corrected chi connectivity index (χ2v) is 13.4. The van der Waals surface area contributed by atoms with Gasteiger partial charge in [0.25, 0.3) is 0 Å². The van der Waals surface area contributed by atoms with E-state index in [0.29, 0.717) is 0 Å². The van der Waals surface area contributed by atoms with Gasteiger partial charge >= 0.3 is 0 Å². The number of nitrogens with zero attached hydrogens (tertiary/aromatic N) is 3. The van der Waals surface area contributed by atoms with Crippen LogP contribution in [0.4, 0.5) is 0 Å². The summed E-state index contributed by atoms with van der Waals surface area (Å²) in [5.41, 5.74) is 13.0. The summed E-state index contributed by atoms with van der Waals surface area (Å²) in [5, 5.41) is 21.3. The fourth-order valence-electron chi connectivity index (χ4n) is 7.05. The average Bonchev–Trinajstić information content (AvgIpc) is 3.46. The van der Waals surface area contributed by atoms with Crippen LogP contribution in [0.2, 0.25) is 5.02 Å². The first-order chi connectivity index (χ1) is 24.0. The lowest BCUT2D eigenvalue weighted by Gasteiger charge is -2.13. The van der Waals surface area contributed by atoms with Gasteiger partial charge in [-0.3, -0.25) is 15.0 Å². The van der Waals surface area contributed by atoms with Crippen molar-refractivity contribution in [3.63, 3.8) is 0 Å². The molecule has 3 aliphatic carbocycles. The van der Waals surface area contributed by atoms with E-state index >= 15 is 0 Å². The van der Waals surface area contributed by atoms with Crippen LogP contribution < -0.4 is 0 Å². The van der Waals surface area contributed by atoms with Gasteiger partial charge in [0, 0.05) is 23.6 Å². The minimum absolute atomic E-state index is 0.102. The van der Waals surface area contributed by atoms with Crippen molar-refractivity contribution < 1.29 is 10.2 Å². The molecule has 9 rings (SSSR count). The molecule has 0 fully saturated rings. The van der Waals surface area contributed by atoms with Crippen molar-refractivity contribution in [2.45, 2.75) is 56.1 Å².